The van der Waals surface area contributed by atoms with E-state index in [0.717, 1.165) is 0 Å². The summed E-state index contributed by atoms with van der Waals surface area (Å²) in [5, 5.41) is 75.8. The normalized spacial score (nSPS) is 5.06. The van der Waals surface area contributed by atoms with Crippen LogP contribution in [0.1, 0.15) is 0 Å². The fourth-order valence-corrected chi connectivity index (χ4v) is 0. The fraction of sp³-hybridized carbons (Fsp3) is 0. The van der Waals surface area contributed by atoms with E-state index in [9.17, 15) is 0 Å². The first-order chi connectivity index (χ1) is 5.20. The van der Waals surface area contributed by atoms with E-state index >= 15 is 0 Å². The molecule has 0 aliphatic rings. The van der Waals surface area contributed by atoms with Gasteiger partial charge in [-0.25, -0.2) is 0 Å². The van der Waals surface area contributed by atoms with Gasteiger partial charge < -0.3 is 45.2 Å². The monoisotopic (exact) mass is 578 g/mol. The molecule has 0 aromatic heterocycles. The van der Waals surface area contributed by atoms with Crippen LogP contribution in [0.5, 0.6) is 0 Å². The van der Waals surface area contributed by atoms with E-state index in [4.69, 9.17) is 45.2 Å². The van der Waals surface area contributed by atoms with Crippen molar-refractivity contribution in [2.75, 3.05) is 0 Å². The summed E-state index contributed by atoms with van der Waals surface area (Å²) in [4.78, 5) is 0. The predicted molar refractivity (Wildman–Crippen MR) is 23.0 cm³/mol. The van der Waals surface area contributed by atoms with Crippen molar-refractivity contribution >= 4 is 48.2 Å². The topological polar surface area (TPSA) is 208 Å². The van der Waals surface area contributed by atoms with Gasteiger partial charge in [-0.1, -0.05) is 0 Å². The summed E-state index contributed by atoms with van der Waals surface area (Å²) in [7, 11) is -8.75. The third kappa shape index (κ3) is 602. The zero-order valence-electron chi connectivity index (χ0n) is 7.97. The van der Waals surface area contributed by atoms with Crippen LogP contribution in [0, 0.1) is 0 Å². The van der Waals surface area contributed by atoms with E-state index in [1.165, 1.54) is 0 Å². The van der Waals surface area contributed by atoms with Gasteiger partial charge in [0.15, 0.2) is 0 Å². The summed E-state index contributed by atoms with van der Waals surface area (Å²) in [5.74, 6) is 0. The maximum atomic E-state index is 8.42. The zero-order chi connectivity index (χ0) is 10.7. The standard InChI is InChI=1S/3BO3.Bi.3Zn/c3*2-1(3)4;;;;/q3*-3;+3;3*+2. The third-order valence-electron chi connectivity index (χ3n) is 0. The molecule has 16 heavy (non-hydrogen) atoms. The Kier molecular flexibility index (Phi) is 96.5. The molecular weight excluding hydrogens is 582 g/mol. The Morgan fingerprint density at radius 2 is 0.375 bits per heavy atom. The van der Waals surface area contributed by atoms with Crippen LogP contribution in [-0.4, -0.2) is 48.2 Å². The second-order valence-corrected chi connectivity index (χ2v) is 0.866. The molecule has 0 heterocycles. The van der Waals surface area contributed by atoms with Gasteiger partial charge in [-0.3, -0.25) is 22.0 Å². The maximum Gasteiger partial charge on any atom is 3.00 e. The van der Waals surface area contributed by atoms with E-state index in [2.05, 4.69) is 0 Å². The Hall–Kier alpha value is 2.59. The number of hydrogen-bond acceptors (Lipinski definition) is 9. The first-order valence-electron chi connectivity index (χ1n) is 2.12. The van der Waals surface area contributed by atoms with E-state index < -0.39 is 22.0 Å². The van der Waals surface area contributed by atoms with Crippen LogP contribution in [0.15, 0.2) is 0 Å². The van der Waals surface area contributed by atoms with Crippen LogP contribution >= 0.6 is 0 Å². The molecule has 0 saturated carbocycles. The van der Waals surface area contributed by atoms with Crippen LogP contribution in [0.3, 0.4) is 0 Å². The molecule has 0 amide bonds. The van der Waals surface area contributed by atoms with Crippen LogP contribution in [-0.2, 0) is 58.4 Å². The van der Waals surface area contributed by atoms with Gasteiger partial charge in [-0.2, -0.15) is 0 Å². The molecule has 0 aliphatic heterocycles. The molecule has 16 heteroatoms. The summed E-state index contributed by atoms with van der Waals surface area (Å²) < 4.78 is 0. The molecule has 0 saturated heterocycles. The first-order valence-corrected chi connectivity index (χ1v) is 2.12. The molecule has 0 aromatic carbocycles. The van der Waals surface area contributed by atoms with Crippen molar-refractivity contribution in [3.63, 3.8) is 0 Å². The largest absolute Gasteiger partial charge is 3.00 e. The van der Waals surface area contributed by atoms with Crippen molar-refractivity contribution in [2.45, 2.75) is 0 Å². The van der Waals surface area contributed by atoms with Crippen LogP contribution in [0.2, 0.25) is 0 Å². The van der Waals surface area contributed by atoms with Crippen molar-refractivity contribution in [3.8, 4) is 0 Å². The van der Waals surface area contributed by atoms with E-state index in [0.29, 0.717) is 0 Å². The SMILES string of the molecule is [Bi+3].[O-]B([O-])[O-].[O-]B([O-])[O-].[O-]B([O-])[O-].[Zn+2].[Zn+2].[Zn+2]. The van der Waals surface area contributed by atoms with E-state index in [1.807, 2.05) is 0 Å². The van der Waals surface area contributed by atoms with Gasteiger partial charge in [0.25, 0.3) is 0 Å². The molecular formula is B3BiO9Zn3. The van der Waals surface area contributed by atoms with Gasteiger partial charge >= 0.3 is 84.6 Å². The minimum Gasteiger partial charge on any atom is -0.907 e. The smallest absolute Gasteiger partial charge is 0.907 e. The van der Waals surface area contributed by atoms with Crippen molar-refractivity contribution in [1.29, 1.82) is 0 Å². The molecule has 0 fully saturated rings. The average Bonchev–Trinajstić information content (AvgIpc) is 1.54. The van der Waals surface area contributed by atoms with Gasteiger partial charge in [0.1, 0.15) is 0 Å². The van der Waals surface area contributed by atoms with Gasteiger partial charge in [-0.05, 0) is 0 Å². The Morgan fingerprint density at radius 3 is 0.375 bits per heavy atom. The number of rotatable bonds is 0. The second kappa shape index (κ2) is 36.0. The summed E-state index contributed by atoms with van der Waals surface area (Å²) in [6.45, 7) is 0. The molecule has 0 bridgehead atoms. The summed E-state index contributed by atoms with van der Waals surface area (Å²) in [6.07, 6.45) is 0. The second-order valence-electron chi connectivity index (χ2n) is 0.866. The Morgan fingerprint density at radius 1 is 0.375 bits per heavy atom. The molecule has 0 rings (SSSR count). The van der Waals surface area contributed by atoms with Gasteiger partial charge in [0, 0.05) is 0 Å². The maximum absolute atomic E-state index is 8.42. The average molecular weight is 582 g/mol. The van der Waals surface area contributed by atoms with Gasteiger partial charge in [0.05, 0.1) is 0 Å². The molecule has 0 atom stereocenters. The molecule has 2 radical (unpaired) electrons. The van der Waals surface area contributed by atoms with Crippen molar-refractivity contribution in [3.05, 3.63) is 0 Å². The molecule has 0 N–H and O–H groups in total. The van der Waals surface area contributed by atoms with Crippen molar-refractivity contribution < 1.29 is 104 Å². The van der Waals surface area contributed by atoms with Crippen molar-refractivity contribution in [1.82, 2.24) is 0 Å². The van der Waals surface area contributed by atoms with E-state index in [1.54, 1.807) is 0 Å². The summed E-state index contributed by atoms with van der Waals surface area (Å²) in [6, 6.07) is 0. The molecule has 9 nitrogen and oxygen atoms in total. The number of hydrogen-bond donors (Lipinski definition) is 0. The van der Waals surface area contributed by atoms with Gasteiger partial charge in [-0.15, -0.1) is 0 Å². The summed E-state index contributed by atoms with van der Waals surface area (Å²) in [5.41, 5.74) is 0. The van der Waals surface area contributed by atoms with Crippen LogP contribution in [0.4, 0.5) is 0 Å². The van der Waals surface area contributed by atoms with Crippen LogP contribution in [0.25, 0.3) is 0 Å². The van der Waals surface area contributed by atoms with Crippen molar-refractivity contribution in [2.24, 2.45) is 0 Å². The minimum absolute atomic E-state index is 0. The van der Waals surface area contributed by atoms with Gasteiger partial charge in [0.2, 0.25) is 0 Å². The predicted octanol–water partition coefficient (Wildman–Crippen LogP) is -12.2. The zero-order valence-corrected chi connectivity index (χ0v) is 20.4. The molecule has 0 aromatic rings. The fourth-order valence-electron chi connectivity index (χ4n) is 0. The Bertz CT molecular complexity index is 54.5. The quantitative estimate of drug-likeness (QED) is 0.248. The minimum atomic E-state index is -2.92. The molecule has 0 aliphatic carbocycles. The van der Waals surface area contributed by atoms with E-state index in [-0.39, 0.29) is 84.6 Å². The molecule has 74 valence electrons. The molecule has 0 spiro atoms. The van der Waals surface area contributed by atoms with Crippen LogP contribution < -0.4 is 45.2 Å². The Labute approximate surface area is 150 Å². The molecule has 0 unspecified atom stereocenters. The first kappa shape index (κ1) is 42.8. The summed E-state index contributed by atoms with van der Waals surface area (Å²) >= 11 is 0. The Balaban J connectivity index is -0.0000000135. The third-order valence-corrected chi connectivity index (χ3v) is 0.